The molecule has 1 unspecified atom stereocenters. The zero-order valence-corrected chi connectivity index (χ0v) is 11.7. The van der Waals surface area contributed by atoms with Gasteiger partial charge in [0.2, 0.25) is 0 Å². The fourth-order valence-corrected chi connectivity index (χ4v) is 2.52. The maximum atomic E-state index is 13.1. The van der Waals surface area contributed by atoms with Gasteiger partial charge in [0.05, 0.1) is 5.54 Å². The van der Waals surface area contributed by atoms with E-state index in [1.807, 2.05) is 6.92 Å². The summed E-state index contributed by atoms with van der Waals surface area (Å²) in [5.74, 6) is -0.583. The van der Waals surface area contributed by atoms with Crippen molar-refractivity contribution < 1.29 is 9.18 Å². The maximum Gasteiger partial charge on any atom is 0.251 e. The van der Waals surface area contributed by atoms with E-state index in [0.717, 1.165) is 19.5 Å². The second-order valence-electron chi connectivity index (χ2n) is 5.84. The van der Waals surface area contributed by atoms with Crippen molar-refractivity contribution in [2.24, 2.45) is 0 Å². The first-order valence-corrected chi connectivity index (χ1v) is 6.72. The Kier molecular flexibility index (Phi) is 3.90. The van der Waals surface area contributed by atoms with Crippen molar-refractivity contribution in [3.05, 3.63) is 35.6 Å². The first-order chi connectivity index (χ1) is 8.89. The van der Waals surface area contributed by atoms with Crippen molar-refractivity contribution in [1.29, 1.82) is 0 Å². The summed E-state index contributed by atoms with van der Waals surface area (Å²) < 4.78 is 13.1. The van der Waals surface area contributed by atoms with E-state index in [1.54, 1.807) is 12.1 Å². The number of hydrogen-bond acceptors (Lipinski definition) is 2. The van der Waals surface area contributed by atoms with E-state index in [9.17, 15) is 9.18 Å². The Morgan fingerprint density at radius 1 is 1.47 bits per heavy atom. The highest BCUT2D eigenvalue weighted by atomic mass is 19.1. The van der Waals surface area contributed by atoms with E-state index in [0.29, 0.717) is 11.6 Å². The van der Waals surface area contributed by atoms with Crippen LogP contribution in [-0.2, 0) is 0 Å². The van der Waals surface area contributed by atoms with Gasteiger partial charge in [-0.25, -0.2) is 4.39 Å². The molecule has 4 heteroatoms. The number of rotatable bonds is 3. The lowest BCUT2D eigenvalue weighted by Crippen LogP contribution is -2.48. The smallest absolute Gasteiger partial charge is 0.251 e. The van der Waals surface area contributed by atoms with Crippen LogP contribution in [0.4, 0.5) is 4.39 Å². The van der Waals surface area contributed by atoms with E-state index in [1.165, 1.54) is 12.1 Å². The first kappa shape index (κ1) is 14.0. The van der Waals surface area contributed by atoms with E-state index in [2.05, 4.69) is 24.1 Å². The van der Waals surface area contributed by atoms with E-state index in [-0.39, 0.29) is 17.3 Å². The summed E-state index contributed by atoms with van der Waals surface area (Å²) in [6.45, 7) is 8.18. The van der Waals surface area contributed by atoms with Crippen LogP contribution in [0.2, 0.25) is 0 Å². The second-order valence-corrected chi connectivity index (χ2v) is 5.84. The lowest BCUT2D eigenvalue weighted by Gasteiger charge is -2.27. The van der Waals surface area contributed by atoms with Gasteiger partial charge in [-0.1, -0.05) is 6.07 Å². The summed E-state index contributed by atoms with van der Waals surface area (Å²) in [6.07, 6.45) is 0.923. The Bertz CT molecular complexity index is 475. The molecule has 1 fully saturated rings. The summed E-state index contributed by atoms with van der Waals surface area (Å²) in [7, 11) is 0. The molecule has 1 aliphatic heterocycles. The minimum atomic E-state index is -0.381. The van der Waals surface area contributed by atoms with Crippen LogP contribution in [0.15, 0.2) is 24.3 Å². The Balaban J connectivity index is 2.03. The second kappa shape index (κ2) is 5.29. The van der Waals surface area contributed by atoms with Gasteiger partial charge in [-0.2, -0.15) is 0 Å². The van der Waals surface area contributed by atoms with Crippen LogP contribution in [0.25, 0.3) is 0 Å². The number of amides is 1. The van der Waals surface area contributed by atoms with Crippen molar-refractivity contribution in [3.63, 3.8) is 0 Å². The normalized spacial score (nSPS) is 23.8. The van der Waals surface area contributed by atoms with Crippen molar-refractivity contribution >= 4 is 5.91 Å². The molecule has 0 aliphatic carbocycles. The molecule has 1 aliphatic rings. The van der Waals surface area contributed by atoms with Gasteiger partial charge >= 0.3 is 0 Å². The standard InChI is InChI=1S/C15H21FN2O/c1-11(2)18-8-7-15(3,10-18)17-14(19)12-5-4-6-13(16)9-12/h4-6,9,11H,7-8,10H2,1-3H3,(H,17,19). The van der Waals surface area contributed by atoms with Gasteiger partial charge in [0.25, 0.3) is 5.91 Å². The monoisotopic (exact) mass is 264 g/mol. The molecular weight excluding hydrogens is 243 g/mol. The summed E-state index contributed by atoms with van der Waals surface area (Å²) in [5, 5.41) is 3.04. The number of likely N-dealkylation sites (tertiary alicyclic amines) is 1. The minimum absolute atomic E-state index is 0.201. The zero-order valence-electron chi connectivity index (χ0n) is 11.7. The molecule has 0 spiro atoms. The molecule has 0 aromatic heterocycles. The van der Waals surface area contributed by atoms with Gasteiger partial charge in [0.1, 0.15) is 5.82 Å². The fourth-order valence-electron chi connectivity index (χ4n) is 2.52. The van der Waals surface area contributed by atoms with Crippen molar-refractivity contribution in [2.75, 3.05) is 13.1 Å². The Morgan fingerprint density at radius 3 is 2.79 bits per heavy atom. The van der Waals surface area contributed by atoms with Gasteiger partial charge < -0.3 is 5.32 Å². The van der Waals surface area contributed by atoms with Gasteiger partial charge in [0, 0.05) is 24.7 Å². The van der Waals surface area contributed by atoms with E-state index in [4.69, 9.17) is 0 Å². The van der Waals surface area contributed by atoms with Crippen LogP contribution < -0.4 is 5.32 Å². The van der Waals surface area contributed by atoms with Crippen LogP contribution in [0.1, 0.15) is 37.6 Å². The summed E-state index contributed by atoms with van der Waals surface area (Å²) >= 11 is 0. The van der Waals surface area contributed by atoms with Crippen LogP contribution in [0.5, 0.6) is 0 Å². The number of nitrogens with one attached hydrogen (secondary N) is 1. The lowest BCUT2D eigenvalue weighted by molar-refractivity contribution is 0.0905. The van der Waals surface area contributed by atoms with Crippen molar-refractivity contribution in [3.8, 4) is 0 Å². The predicted octanol–water partition coefficient (Wildman–Crippen LogP) is 2.43. The third-order valence-corrected chi connectivity index (χ3v) is 3.74. The number of benzene rings is 1. The van der Waals surface area contributed by atoms with Crippen LogP contribution >= 0.6 is 0 Å². The molecule has 3 nitrogen and oxygen atoms in total. The topological polar surface area (TPSA) is 32.3 Å². The molecule has 1 amide bonds. The highest BCUT2D eigenvalue weighted by molar-refractivity contribution is 5.94. The highest BCUT2D eigenvalue weighted by Crippen LogP contribution is 2.23. The summed E-state index contributed by atoms with van der Waals surface area (Å²) in [4.78, 5) is 14.5. The molecule has 1 N–H and O–H groups in total. The Morgan fingerprint density at radius 2 is 2.21 bits per heavy atom. The van der Waals surface area contributed by atoms with E-state index < -0.39 is 0 Å². The molecular formula is C15H21FN2O. The third kappa shape index (κ3) is 3.32. The average molecular weight is 264 g/mol. The molecule has 1 aromatic carbocycles. The average Bonchev–Trinajstić information content (AvgIpc) is 2.72. The number of carbonyl (C=O) groups is 1. The molecule has 1 aromatic rings. The Labute approximate surface area is 113 Å². The number of nitrogens with zero attached hydrogens (tertiary/aromatic N) is 1. The SMILES string of the molecule is CC(C)N1CCC(C)(NC(=O)c2cccc(F)c2)C1. The minimum Gasteiger partial charge on any atom is -0.346 e. The highest BCUT2D eigenvalue weighted by Gasteiger charge is 2.36. The predicted molar refractivity (Wildman–Crippen MR) is 73.6 cm³/mol. The fraction of sp³-hybridized carbons (Fsp3) is 0.533. The summed E-state index contributed by atoms with van der Waals surface area (Å²) in [6, 6.07) is 6.29. The zero-order chi connectivity index (χ0) is 14.0. The molecule has 104 valence electrons. The van der Waals surface area contributed by atoms with Gasteiger partial charge in [-0.3, -0.25) is 9.69 Å². The Hall–Kier alpha value is -1.42. The molecule has 1 heterocycles. The molecule has 0 saturated carbocycles. The van der Waals surface area contributed by atoms with Gasteiger partial charge in [-0.15, -0.1) is 0 Å². The molecule has 19 heavy (non-hydrogen) atoms. The third-order valence-electron chi connectivity index (χ3n) is 3.74. The molecule has 1 saturated heterocycles. The molecule has 1 atom stereocenters. The van der Waals surface area contributed by atoms with Gasteiger partial charge in [0.15, 0.2) is 0 Å². The molecule has 2 rings (SSSR count). The van der Waals surface area contributed by atoms with Crippen molar-refractivity contribution in [2.45, 2.75) is 38.8 Å². The number of hydrogen-bond donors (Lipinski definition) is 1. The van der Waals surface area contributed by atoms with Crippen LogP contribution in [0, 0.1) is 5.82 Å². The number of halogens is 1. The molecule has 0 radical (unpaired) electrons. The largest absolute Gasteiger partial charge is 0.346 e. The lowest BCUT2D eigenvalue weighted by atomic mass is 10.0. The van der Waals surface area contributed by atoms with Crippen LogP contribution in [-0.4, -0.2) is 35.5 Å². The van der Waals surface area contributed by atoms with Crippen molar-refractivity contribution in [1.82, 2.24) is 10.2 Å². The number of carbonyl (C=O) groups excluding carboxylic acids is 1. The van der Waals surface area contributed by atoms with Crippen LogP contribution in [0.3, 0.4) is 0 Å². The van der Waals surface area contributed by atoms with Gasteiger partial charge in [-0.05, 0) is 45.4 Å². The quantitative estimate of drug-likeness (QED) is 0.909. The van der Waals surface area contributed by atoms with E-state index >= 15 is 0 Å². The summed E-state index contributed by atoms with van der Waals surface area (Å²) in [5.41, 5.74) is 0.150. The maximum absolute atomic E-state index is 13.1. The first-order valence-electron chi connectivity index (χ1n) is 6.72. The molecule has 0 bridgehead atoms.